The summed E-state index contributed by atoms with van der Waals surface area (Å²) in [7, 11) is 0. The topological polar surface area (TPSA) is 38.3 Å². The molecule has 0 saturated heterocycles. The molecule has 0 bridgehead atoms. The van der Waals surface area contributed by atoms with E-state index in [2.05, 4.69) is 11.9 Å². The summed E-state index contributed by atoms with van der Waals surface area (Å²) in [4.78, 5) is 11.5. The first-order valence-corrected chi connectivity index (χ1v) is 6.54. The summed E-state index contributed by atoms with van der Waals surface area (Å²) in [5, 5.41) is 2.65. The van der Waals surface area contributed by atoms with Gasteiger partial charge in [-0.1, -0.05) is 30.8 Å². The number of rotatable bonds is 4. The van der Waals surface area contributed by atoms with Crippen molar-refractivity contribution in [3.8, 4) is 0 Å². The summed E-state index contributed by atoms with van der Waals surface area (Å²) < 4.78 is 18.8. The van der Waals surface area contributed by atoms with Gasteiger partial charge in [0, 0.05) is 6.54 Å². The van der Waals surface area contributed by atoms with Gasteiger partial charge in [0.1, 0.15) is 11.8 Å². The molecular formula is C16H22FNO2. The zero-order valence-corrected chi connectivity index (χ0v) is 12.5. The number of halogens is 1. The molecule has 1 N–H and O–H groups in total. The Hall–Kier alpha value is -1.84. The largest absolute Gasteiger partial charge is 0.444 e. The van der Waals surface area contributed by atoms with E-state index >= 15 is 0 Å². The van der Waals surface area contributed by atoms with E-state index in [1.165, 1.54) is 0 Å². The van der Waals surface area contributed by atoms with Crippen molar-refractivity contribution in [2.24, 2.45) is 0 Å². The number of ether oxygens (including phenoxy) is 1. The van der Waals surface area contributed by atoms with E-state index in [-0.39, 0.29) is 0 Å². The number of amides is 1. The minimum atomic E-state index is -1.15. The number of hydrogen-bond acceptors (Lipinski definition) is 2. The van der Waals surface area contributed by atoms with Gasteiger partial charge in [-0.2, -0.15) is 0 Å². The average molecular weight is 279 g/mol. The van der Waals surface area contributed by atoms with Crippen molar-refractivity contribution in [3.05, 3.63) is 47.5 Å². The van der Waals surface area contributed by atoms with Gasteiger partial charge in [0.05, 0.1) is 0 Å². The fourth-order valence-electron chi connectivity index (χ4n) is 1.58. The molecule has 1 rings (SSSR count). The molecular weight excluding hydrogens is 257 g/mol. The molecule has 1 atom stereocenters. The molecule has 0 aromatic heterocycles. The van der Waals surface area contributed by atoms with Crippen LogP contribution in [-0.4, -0.2) is 11.7 Å². The van der Waals surface area contributed by atoms with E-state index in [1.807, 2.05) is 0 Å². The Balaban J connectivity index is 2.54. The molecule has 0 aliphatic carbocycles. The third-order valence-electron chi connectivity index (χ3n) is 2.54. The molecule has 1 unspecified atom stereocenters. The first-order valence-electron chi connectivity index (χ1n) is 6.54. The third kappa shape index (κ3) is 5.43. The number of benzene rings is 1. The maximum atomic E-state index is 13.7. The van der Waals surface area contributed by atoms with E-state index in [0.717, 1.165) is 5.56 Å². The number of hydrogen-bond donors (Lipinski definition) is 1. The average Bonchev–Trinajstić information content (AvgIpc) is 2.34. The van der Waals surface area contributed by atoms with Crippen molar-refractivity contribution in [2.45, 2.75) is 46.0 Å². The molecule has 1 aromatic carbocycles. The summed E-state index contributed by atoms with van der Waals surface area (Å²) in [6.07, 6.45) is -1.62. The number of alkyl carbamates (subject to hydrolysis) is 1. The van der Waals surface area contributed by atoms with Gasteiger partial charge >= 0.3 is 6.09 Å². The Morgan fingerprint density at radius 3 is 2.35 bits per heavy atom. The predicted molar refractivity (Wildman–Crippen MR) is 78.2 cm³/mol. The number of allylic oxidation sites excluding steroid dienone is 1. The number of carbonyl (C=O) groups excluding carboxylic acids is 1. The van der Waals surface area contributed by atoms with E-state index < -0.39 is 17.9 Å². The van der Waals surface area contributed by atoms with E-state index in [1.54, 1.807) is 52.0 Å². The highest BCUT2D eigenvalue weighted by molar-refractivity contribution is 5.67. The SMILES string of the molecule is C=C(C)C(F)c1ccc(CNC(=O)OC(C)(C)C)cc1. The summed E-state index contributed by atoms with van der Waals surface area (Å²) >= 11 is 0. The molecule has 20 heavy (non-hydrogen) atoms. The highest BCUT2D eigenvalue weighted by atomic mass is 19.1. The Morgan fingerprint density at radius 1 is 1.35 bits per heavy atom. The van der Waals surface area contributed by atoms with Crippen LogP contribution in [0, 0.1) is 0 Å². The van der Waals surface area contributed by atoms with Crippen LogP contribution < -0.4 is 5.32 Å². The molecule has 0 fully saturated rings. The molecule has 4 heteroatoms. The molecule has 0 aliphatic rings. The van der Waals surface area contributed by atoms with Crippen molar-refractivity contribution < 1.29 is 13.9 Å². The summed E-state index contributed by atoms with van der Waals surface area (Å²) in [5.41, 5.74) is 1.41. The number of nitrogens with one attached hydrogen (secondary N) is 1. The van der Waals surface area contributed by atoms with Crippen LogP contribution in [0.4, 0.5) is 9.18 Å². The van der Waals surface area contributed by atoms with E-state index in [9.17, 15) is 9.18 Å². The Labute approximate surface area is 119 Å². The first kappa shape index (κ1) is 16.2. The summed E-state index contributed by atoms with van der Waals surface area (Å²) in [6, 6.07) is 6.96. The van der Waals surface area contributed by atoms with Gasteiger partial charge in [-0.3, -0.25) is 0 Å². The lowest BCUT2D eigenvalue weighted by atomic mass is 10.0. The van der Waals surface area contributed by atoms with Crippen molar-refractivity contribution in [3.63, 3.8) is 0 Å². The van der Waals surface area contributed by atoms with E-state index in [0.29, 0.717) is 17.7 Å². The number of carbonyl (C=O) groups is 1. The Bertz CT molecular complexity index is 474. The van der Waals surface area contributed by atoms with Gasteiger partial charge in [-0.15, -0.1) is 0 Å². The molecule has 1 aromatic rings. The fourth-order valence-corrected chi connectivity index (χ4v) is 1.58. The van der Waals surface area contributed by atoms with Crippen molar-refractivity contribution in [1.29, 1.82) is 0 Å². The highest BCUT2D eigenvalue weighted by Crippen LogP contribution is 2.24. The summed E-state index contributed by atoms with van der Waals surface area (Å²) in [6.45, 7) is 11.0. The minimum absolute atomic E-state index is 0.346. The molecule has 1 amide bonds. The predicted octanol–water partition coefficient (Wildman–Crippen LogP) is 4.30. The zero-order valence-electron chi connectivity index (χ0n) is 12.5. The smallest absolute Gasteiger partial charge is 0.407 e. The monoisotopic (exact) mass is 279 g/mol. The molecule has 0 spiro atoms. The second-order valence-electron chi connectivity index (χ2n) is 5.81. The molecule has 0 radical (unpaired) electrons. The standard InChI is InChI=1S/C16H22FNO2/c1-11(2)14(17)13-8-6-12(7-9-13)10-18-15(19)20-16(3,4)5/h6-9,14H,1,10H2,2-5H3,(H,18,19). The zero-order chi connectivity index (χ0) is 15.3. The molecule has 0 saturated carbocycles. The lowest BCUT2D eigenvalue weighted by Crippen LogP contribution is -2.32. The van der Waals surface area contributed by atoms with Gasteiger partial charge in [0.25, 0.3) is 0 Å². The normalized spacial score (nSPS) is 12.7. The van der Waals surface area contributed by atoms with Gasteiger partial charge in [-0.25, -0.2) is 9.18 Å². The van der Waals surface area contributed by atoms with Crippen molar-refractivity contribution >= 4 is 6.09 Å². The quantitative estimate of drug-likeness (QED) is 0.835. The van der Waals surface area contributed by atoms with Crippen molar-refractivity contribution in [2.75, 3.05) is 0 Å². The van der Waals surface area contributed by atoms with Crippen LogP contribution in [0.25, 0.3) is 0 Å². The van der Waals surface area contributed by atoms with Gasteiger partial charge in [-0.05, 0) is 44.4 Å². The minimum Gasteiger partial charge on any atom is -0.444 e. The van der Waals surface area contributed by atoms with Gasteiger partial charge in [0.15, 0.2) is 0 Å². The highest BCUT2D eigenvalue weighted by Gasteiger charge is 2.15. The van der Waals surface area contributed by atoms with Crippen LogP contribution in [0.5, 0.6) is 0 Å². The second kappa shape index (κ2) is 6.55. The molecule has 0 aliphatic heterocycles. The van der Waals surface area contributed by atoms with Gasteiger partial charge in [0.2, 0.25) is 0 Å². The molecule has 3 nitrogen and oxygen atoms in total. The van der Waals surface area contributed by atoms with Crippen LogP contribution in [0.3, 0.4) is 0 Å². The lowest BCUT2D eigenvalue weighted by Gasteiger charge is -2.19. The Kier molecular flexibility index (Phi) is 5.31. The number of alkyl halides is 1. The first-order chi connectivity index (χ1) is 9.19. The third-order valence-corrected chi connectivity index (χ3v) is 2.54. The summed E-state index contributed by atoms with van der Waals surface area (Å²) in [5.74, 6) is 0. The van der Waals surface area contributed by atoms with Crippen LogP contribution in [0.1, 0.15) is 45.0 Å². The van der Waals surface area contributed by atoms with Crippen LogP contribution >= 0.6 is 0 Å². The van der Waals surface area contributed by atoms with Gasteiger partial charge < -0.3 is 10.1 Å². The maximum Gasteiger partial charge on any atom is 0.407 e. The lowest BCUT2D eigenvalue weighted by molar-refractivity contribution is 0.0523. The van der Waals surface area contributed by atoms with Crippen molar-refractivity contribution in [1.82, 2.24) is 5.32 Å². The molecule has 110 valence electrons. The maximum absolute atomic E-state index is 13.7. The van der Waals surface area contributed by atoms with Crippen LogP contribution in [-0.2, 0) is 11.3 Å². The van der Waals surface area contributed by atoms with E-state index in [4.69, 9.17) is 4.74 Å². The second-order valence-corrected chi connectivity index (χ2v) is 5.81. The van der Waals surface area contributed by atoms with Crippen LogP contribution in [0.2, 0.25) is 0 Å². The van der Waals surface area contributed by atoms with Crippen LogP contribution in [0.15, 0.2) is 36.4 Å². The Morgan fingerprint density at radius 2 is 1.90 bits per heavy atom. The fraction of sp³-hybridized carbons (Fsp3) is 0.438. The molecule has 0 heterocycles.